The SMILES string of the molecule is COc1cc(C=N)cc(OC)c1OCc1ccccc1.NC(=O)c1ccc(O)c(Cl)c1. The van der Waals surface area contributed by atoms with Gasteiger partial charge in [0.1, 0.15) is 12.4 Å². The molecule has 4 N–H and O–H groups in total. The van der Waals surface area contributed by atoms with E-state index >= 15 is 0 Å². The van der Waals surface area contributed by atoms with Crippen molar-refractivity contribution in [1.82, 2.24) is 0 Å². The second kappa shape index (κ2) is 11.5. The quantitative estimate of drug-likeness (QED) is 0.468. The van der Waals surface area contributed by atoms with Gasteiger partial charge in [-0.1, -0.05) is 41.9 Å². The van der Waals surface area contributed by atoms with Gasteiger partial charge in [-0.15, -0.1) is 0 Å². The van der Waals surface area contributed by atoms with Crippen LogP contribution in [0.2, 0.25) is 5.02 Å². The highest BCUT2D eigenvalue weighted by molar-refractivity contribution is 6.32. The number of benzene rings is 3. The predicted molar refractivity (Wildman–Crippen MR) is 120 cm³/mol. The lowest BCUT2D eigenvalue weighted by Gasteiger charge is -2.15. The van der Waals surface area contributed by atoms with Crippen molar-refractivity contribution in [1.29, 1.82) is 5.41 Å². The van der Waals surface area contributed by atoms with Crippen molar-refractivity contribution in [3.05, 3.63) is 82.4 Å². The summed E-state index contributed by atoms with van der Waals surface area (Å²) in [5, 5.41) is 16.4. The zero-order valence-electron chi connectivity index (χ0n) is 17.1. The molecule has 0 bridgehead atoms. The first-order valence-corrected chi connectivity index (χ1v) is 9.49. The highest BCUT2D eigenvalue weighted by Gasteiger charge is 2.13. The molecule has 31 heavy (non-hydrogen) atoms. The van der Waals surface area contributed by atoms with Gasteiger partial charge in [0.05, 0.1) is 19.2 Å². The number of ether oxygens (including phenoxy) is 3. The van der Waals surface area contributed by atoms with E-state index in [0.717, 1.165) is 5.56 Å². The summed E-state index contributed by atoms with van der Waals surface area (Å²) < 4.78 is 16.4. The van der Waals surface area contributed by atoms with E-state index in [9.17, 15) is 4.79 Å². The van der Waals surface area contributed by atoms with E-state index in [4.69, 9.17) is 42.1 Å². The van der Waals surface area contributed by atoms with Crippen LogP contribution < -0.4 is 19.9 Å². The Bertz CT molecular complexity index is 1020. The molecule has 0 fully saturated rings. The number of amides is 1. The van der Waals surface area contributed by atoms with E-state index in [2.05, 4.69) is 0 Å². The van der Waals surface area contributed by atoms with E-state index in [0.29, 0.717) is 29.4 Å². The maximum absolute atomic E-state index is 10.5. The molecular formula is C23H23ClN2O5. The van der Waals surface area contributed by atoms with Crippen LogP contribution in [-0.4, -0.2) is 31.4 Å². The molecule has 0 unspecified atom stereocenters. The molecule has 0 radical (unpaired) electrons. The van der Waals surface area contributed by atoms with Gasteiger partial charge in [-0.3, -0.25) is 4.79 Å². The van der Waals surface area contributed by atoms with Gasteiger partial charge in [-0.2, -0.15) is 0 Å². The average molecular weight is 443 g/mol. The first-order chi connectivity index (χ1) is 14.9. The Morgan fingerprint density at radius 1 is 1.06 bits per heavy atom. The highest BCUT2D eigenvalue weighted by Crippen LogP contribution is 2.38. The summed E-state index contributed by atoms with van der Waals surface area (Å²) in [4.78, 5) is 10.5. The Balaban J connectivity index is 0.000000262. The van der Waals surface area contributed by atoms with Crippen molar-refractivity contribution in [2.75, 3.05) is 14.2 Å². The summed E-state index contributed by atoms with van der Waals surface area (Å²) in [7, 11) is 3.13. The zero-order chi connectivity index (χ0) is 22.8. The van der Waals surface area contributed by atoms with E-state index in [1.54, 1.807) is 26.4 Å². The number of nitrogens with two attached hydrogens (primary N) is 1. The summed E-state index contributed by atoms with van der Waals surface area (Å²) in [6.45, 7) is 0.428. The topological polar surface area (TPSA) is 115 Å². The minimum absolute atomic E-state index is 0.0586. The van der Waals surface area contributed by atoms with Gasteiger partial charge in [0.15, 0.2) is 11.5 Å². The summed E-state index contributed by atoms with van der Waals surface area (Å²) in [6, 6.07) is 17.4. The minimum atomic E-state index is -0.563. The summed E-state index contributed by atoms with van der Waals surface area (Å²) >= 11 is 5.50. The van der Waals surface area contributed by atoms with Crippen molar-refractivity contribution < 1.29 is 24.1 Å². The van der Waals surface area contributed by atoms with Gasteiger partial charge in [-0.25, -0.2) is 0 Å². The van der Waals surface area contributed by atoms with Gasteiger partial charge < -0.3 is 30.5 Å². The third-order valence-electron chi connectivity index (χ3n) is 4.11. The van der Waals surface area contributed by atoms with E-state index < -0.39 is 5.91 Å². The number of rotatable bonds is 7. The number of primary amides is 1. The number of halogens is 1. The van der Waals surface area contributed by atoms with Crippen LogP contribution in [-0.2, 0) is 6.61 Å². The molecule has 1 amide bonds. The molecule has 0 aliphatic heterocycles. The van der Waals surface area contributed by atoms with Crippen LogP contribution in [0, 0.1) is 5.41 Å². The van der Waals surface area contributed by atoms with Crippen LogP contribution in [0.15, 0.2) is 60.7 Å². The van der Waals surface area contributed by atoms with E-state index in [-0.39, 0.29) is 16.3 Å². The molecule has 0 aliphatic rings. The molecule has 3 aromatic carbocycles. The smallest absolute Gasteiger partial charge is 0.248 e. The normalized spacial score (nSPS) is 9.77. The van der Waals surface area contributed by atoms with Gasteiger partial charge >= 0.3 is 0 Å². The first-order valence-electron chi connectivity index (χ1n) is 9.11. The third kappa shape index (κ3) is 6.65. The number of aromatic hydroxyl groups is 1. The number of hydrogen-bond donors (Lipinski definition) is 3. The van der Waals surface area contributed by atoms with Gasteiger partial charge in [0.2, 0.25) is 11.7 Å². The molecule has 7 nitrogen and oxygen atoms in total. The maximum Gasteiger partial charge on any atom is 0.248 e. The number of phenolic OH excluding ortho intramolecular Hbond substituents is 1. The fraction of sp³-hybridized carbons (Fsp3) is 0.130. The predicted octanol–water partition coefficient (Wildman–Crippen LogP) is 4.42. The molecular weight excluding hydrogens is 420 g/mol. The Labute approximate surface area is 185 Å². The van der Waals surface area contributed by atoms with Crippen LogP contribution in [0.5, 0.6) is 23.0 Å². The molecule has 0 atom stereocenters. The first kappa shape index (κ1) is 23.6. The molecule has 8 heteroatoms. The Hall–Kier alpha value is -3.71. The molecule has 0 saturated heterocycles. The molecule has 0 heterocycles. The lowest BCUT2D eigenvalue weighted by atomic mass is 10.2. The maximum atomic E-state index is 10.5. The van der Waals surface area contributed by atoms with Crippen molar-refractivity contribution in [2.45, 2.75) is 6.61 Å². The van der Waals surface area contributed by atoms with Crippen molar-refractivity contribution in [3.63, 3.8) is 0 Å². The monoisotopic (exact) mass is 442 g/mol. The van der Waals surface area contributed by atoms with Crippen LogP contribution >= 0.6 is 11.6 Å². The average Bonchev–Trinajstić information content (AvgIpc) is 2.79. The standard InChI is InChI=1S/C16H17NO3.C7H6ClNO2/c1-18-14-8-13(10-17)9-15(19-2)16(14)20-11-12-6-4-3-5-7-12;8-5-3-4(7(9)11)1-2-6(5)10/h3-10,17H,11H2,1-2H3;1-3,10H,(H2,9,11). The number of carbonyl (C=O) groups is 1. The van der Waals surface area contributed by atoms with Crippen LogP contribution in [0.1, 0.15) is 21.5 Å². The van der Waals surface area contributed by atoms with Crippen molar-refractivity contribution >= 4 is 23.7 Å². The van der Waals surface area contributed by atoms with Crippen LogP contribution in [0.3, 0.4) is 0 Å². The Morgan fingerprint density at radius 3 is 2.16 bits per heavy atom. The number of hydrogen-bond acceptors (Lipinski definition) is 6. The number of methoxy groups -OCH3 is 2. The fourth-order valence-electron chi connectivity index (χ4n) is 2.52. The second-order valence-electron chi connectivity index (χ2n) is 6.20. The number of phenols is 1. The van der Waals surface area contributed by atoms with Crippen LogP contribution in [0.25, 0.3) is 0 Å². The number of nitrogens with one attached hydrogen (secondary N) is 1. The summed E-state index contributed by atoms with van der Waals surface area (Å²) in [5.74, 6) is 1.03. The molecule has 3 rings (SSSR count). The number of carbonyl (C=O) groups excluding carboxylic acids is 1. The lowest BCUT2D eigenvalue weighted by molar-refractivity contribution is 0.100. The zero-order valence-corrected chi connectivity index (χ0v) is 17.8. The summed E-state index contributed by atoms with van der Waals surface area (Å²) in [5.41, 5.74) is 7.00. The highest BCUT2D eigenvalue weighted by atomic mass is 35.5. The lowest BCUT2D eigenvalue weighted by Crippen LogP contribution is -2.10. The molecule has 0 saturated carbocycles. The largest absolute Gasteiger partial charge is 0.506 e. The molecule has 3 aromatic rings. The van der Waals surface area contributed by atoms with E-state index in [1.165, 1.54) is 24.4 Å². The van der Waals surface area contributed by atoms with Crippen molar-refractivity contribution in [3.8, 4) is 23.0 Å². The Morgan fingerprint density at radius 2 is 1.68 bits per heavy atom. The molecule has 162 valence electrons. The van der Waals surface area contributed by atoms with Crippen LogP contribution in [0.4, 0.5) is 0 Å². The molecule has 0 spiro atoms. The van der Waals surface area contributed by atoms with Gasteiger partial charge in [0, 0.05) is 11.8 Å². The fourth-order valence-corrected chi connectivity index (χ4v) is 2.70. The molecule has 0 aliphatic carbocycles. The minimum Gasteiger partial charge on any atom is -0.506 e. The summed E-state index contributed by atoms with van der Waals surface area (Å²) in [6.07, 6.45) is 1.24. The van der Waals surface area contributed by atoms with Crippen molar-refractivity contribution in [2.24, 2.45) is 5.73 Å². The van der Waals surface area contributed by atoms with E-state index in [1.807, 2.05) is 30.3 Å². The van der Waals surface area contributed by atoms with Gasteiger partial charge in [-0.05, 0) is 41.5 Å². The Kier molecular flexibility index (Phi) is 8.72. The third-order valence-corrected chi connectivity index (χ3v) is 4.41. The molecule has 0 aromatic heterocycles. The van der Waals surface area contributed by atoms with Gasteiger partial charge in [0.25, 0.3) is 0 Å². The second-order valence-corrected chi connectivity index (χ2v) is 6.61.